The summed E-state index contributed by atoms with van der Waals surface area (Å²) in [5.41, 5.74) is 0.399. The van der Waals surface area contributed by atoms with E-state index < -0.39 is 0 Å². The topological polar surface area (TPSA) is 62.3 Å². The maximum atomic E-state index is 11.8. The van der Waals surface area contributed by atoms with Gasteiger partial charge in [-0.3, -0.25) is 9.59 Å². The van der Waals surface area contributed by atoms with Crippen LogP contribution < -0.4 is 5.32 Å². The molecule has 1 N–H and O–H groups in total. The van der Waals surface area contributed by atoms with E-state index in [4.69, 9.17) is 11.6 Å². The molecule has 6 heteroatoms. The van der Waals surface area contributed by atoms with Crippen molar-refractivity contribution in [1.29, 1.82) is 0 Å². The third-order valence-electron chi connectivity index (χ3n) is 1.98. The van der Waals surface area contributed by atoms with E-state index in [0.29, 0.717) is 10.7 Å². The third-order valence-corrected chi connectivity index (χ3v) is 2.20. The molecule has 1 heterocycles. The molecule has 0 bridgehead atoms. The summed E-state index contributed by atoms with van der Waals surface area (Å²) in [5, 5.41) is 2.77. The van der Waals surface area contributed by atoms with Gasteiger partial charge in [0.2, 0.25) is 5.91 Å². The van der Waals surface area contributed by atoms with E-state index in [-0.39, 0.29) is 18.4 Å². The summed E-state index contributed by atoms with van der Waals surface area (Å²) >= 11 is 5.60. The second-order valence-corrected chi connectivity index (χ2v) is 3.59. The molecule has 0 spiro atoms. The summed E-state index contributed by atoms with van der Waals surface area (Å²) in [6.07, 6.45) is 1.38. The number of hydrogen-bond donors (Lipinski definition) is 1. The van der Waals surface area contributed by atoms with E-state index in [1.54, 1.807) is 13.1 Å². The molecule has 0 aliphatic rings. The Labute approximate surface area is 98.4 Å². The summed E-state index contributed by atoms with van der Waals surface area (Å²) < 4.78 is 0. The standard InChI is InChI=1S/C10H12ClN3O2/c1-12-9(15)6-14(2)10(16)7-3-4-8(11)13-5-7/h3-5H,6H2,1-2H3,(H,12,15). The van der Waals surface area contributed by atoms with Crippen LogP contribution in [0.25, 0.3) is 0 Å². The van der Waals surface area contributed by atoms with Gasteiger partial charge < -0.3 is 10.2 Å². The van der Waals surface area contributed by atoms with E-state index >= 15 is 0 Å². The molecule has 5 nitrogen and oxygen atoms in total. The average Bonchev–Trinajstić information content (AvgIpc) is 2.28. The van der Waals surface area contributed by atoms with E-state index in [2.05, 4.69) is 10.3 Å². The van der Waals surface area contributed by atoms with Crippen molar-refractivity contribution >= 4 is 23.4 Å². The van der Waals surface area contributed by atoms with Gasteiger partial charge in [-0.1, -0.05) is 11.6 Å². The van der Waals surface area contributed by atoms with Gasteiger partial charge >= 0.3 is 0 Å². The van der Waals surface area contributed by atoms with Gasteiger partial charge in [0, 0.05) is 20.3 Å². The molecule has 0 aliphatic carbocycles. The van der Waals surface area contributed by atoms with Crippen molar-refractivity contribution in [2.24, 2.45) is 0 Å². The van der Waals surface area contributed by atoms with E-state index in [1.165, 1.54) is 24.2 Å². The minimum atomic E-state index is -0.271. The molecule has 0 aromatic carbocycles. The Balaban J connectivity index is 2.70. The molecule has 2 amide bonds. The Hall–Kier alpha value is -1.62. The van der Waals surface area contributed by atoms with Crippen LogP contribution in [0.2, 0.25) is 5.15 Å². The van der Waals surface area contributed by atoms with Crippen LogP contribution >= 0.6 is 11.6 Å². The first-order valence-corrected chi connectivity index (χ1v) is 5.00. The number of nitrogens with zero attached hydrogens (tertiary/aromatic N) is 2. The Kier molecular flexibility index (Phi) is 4.25. The van der Waals surface area contributed by atoms with Crippen molar-refractivity contribution in [2.75, 3.05) is 20.6 Å². The Morgan fingerprint density at radius 1 is 1.50 bits per heavy atom. The number of carbonyl (C=O) groups is 2. The van der Waals surface area contributed by atoms with Gasteiger partial charge in [0.1, 0.15) is 5.15 Å². The molecule has 1 rings (SSSR count). The molecule has 0 fully saturated rings. The fourth-order valence-electron chi connectivity index (χ4n) is 1.09. The van der Waals surface area contributed by atoms with Crippen LogP contribution in [0.1, 0.15) is 10.4 Å². The van der Waals surface area contributed by atoms with Crippen molar-refractivity contribution in [3.63, 3.8) is 0 Å². The normalized spacial score (nSPS) is 9.69. The quantitative estimate of drug-likeness (QED) is 0.787. The first kappa shape index (κ1) is 12.4. The van der Waals surface area contributed by atoms with Crippen LogP contribution in [-0.2, 0) is 4.79 Å². The van der Waals surface area contributed by atoms with Crippen LogP contribution in [0.4, 0.5) is 0 Å². The lowest BCUT2D eigenvalue weighted by atomic mass is 10.2. The molecule has 1 aromatic rings. The molecular formula is C10H12ClN3O2. The SMILES string of the molecule is CNC(=O)CN(C)C(=O)c1ccc(Cl)nc1. The molecule has 86 valence electrons. The molecule has 0 unspecified atom stereocenters. The molecule has 16 heavy (non-hydrogen) atoms. The largest absolute Gasteiger partial charge is 0.358 e. The van der Waals surface area contributed by atoms with Gasteiger partial charge in [-0.05, 0) is 12.1 Å². The number of carbonyl (C=O) groups excluding carboxylic acids is 2. The first-order valence-electron chi connectivity index (χ1n) is 4.62. The highest BCUT2D eigenvalue weighted by Crippen LogP contribution is 2.07. The Morgan fingerprint density at radius 2 is 2.19 bits per heavy atom. The summed E-state index contributed by atoms with van der Waals surface area (Å²) in [6.45, 7) is 0.0119. The molecule has 0 radical (unpaired) electrons. The number of rotatable bonds is 3. The zero-order valence-corrected chi connectivity index (χ0v) is 9.78. The summed E-state index contributed by atoms with van der Waals surface area (Å²) in [5.74, 6) is -0.495. The highest BCUT2D eigenvalue weighted by molar-refractivity contribution is 6.29. The smallest absolute Gasteiger partial charge is 0.255 e. The summed E-state index contributed by atoms with van der Waals surface area (Å²) in [4.78, 5) is 27.9. The highest BCUT2D eigenvalue weighted by Gasteiger charge is 2.14. The van der Waals surface area contributed by atoms with Gasteiger partial charge in [-0.15, -0.1) is 0 Å². The lowest BCUT2D eigenvalue weighted by Gasteiger charge is -2.15. The van der Waals surface area contributed by atoms with E-state index in [9.17, 15) is 9.59 Å². The number of halogens is 1. The predicted octanol–water partition coefficient (Wildman–Crippen LogP) is 0.553. The lowest BCUT2D eigenvalue weighted by molar-refractivity contribution is -0.121. The Morgan fingerprint density at radius 3 is 2.69 bits per heavy atom. The zero-order chi connectivity index (χ0) is 12.1. The van der Waals surface area contributed by atoms with Gasteiger partial charge in [-0.25, -0.2) is 4.98 Å². The first-order chi connectivity index (χ1) is 7.54. The molecule has 0 saturated heterocycles. The van der Waals surface area contributed by atoms with Gasteiger partial charge in [-0.2, -0.15) is 0 Å². The van der Waals surface area contributed by atoms with Crippen molar-refractivity contribution in [3.8, 4) is 0 Å². The van der Waals surface area contributed by atoms with Crippen LogP contribution in [0.5, 0.6) is 0 Å². The minimum Gasteiger partial charge on any atom is -0.358 e. The van der Waals surface area contributed by atoms with Gasteiger partial charge in [0.05, 0.1) is 12.1 Å². The van der Waals surface area contributed by atoms with Gasteiger partial charge in [0.15, 0.2) is 0 Å². The van der Waals surface area contributed by atoms with Crippen LogP contribution in [0, 0.1) is 0 Å². The lowest BCUT2D eigenvalue weighted by Crippen LogP contribution is -2.36. The second kappa shape index (κ2) is 5.46. The maximum Gasteiger partial charge on any atom is 0.255 e. The highest BCUT2D eigenvalue weighted by atomic mass is 35.5. The summed E-state index contributed by atoms with van der Waals surface area (Å²) in [6, 6.07) is 3.10. The monoisotopic (exact) mass is 241 g/mol. The zero-order valence-electron chi connectivity index (χ0n) is 9.03. The number of aromatic nitrogens is 1. The number of nitrogens with one attached hydrogen (secondary N) is 1. The molecule has 0 aliphatic heterocycles. The predicted molar refractivity (Wildman–Crippen MR) is 60.3 cm³/mol. The van der Waals surface area contributed by atoms with Crippen LogP contribution in [0.15, 0.2) is 18.3 Å². The number of likely N-dealkylation sites (N-methyl/N-ethyl adjacent to an activating group) is 2. The van der Waals surface area contributed by atoms with Crippen LogP contribution in [0.3, 0.4) is 0 Å². The summed E-state index contributed by atoms with van der Waals surface area (Å²) in [7, 11) is 3.07. The average molecular weight is 242 g/mol. The minimum absolute atomic E-state index is 0.0119. The van der Waals surface area contributed by atoms with Crippen LogP contribution in [-0.4, -0.2) is 42.3 Å². The number of pyridine rings is 1. The van der Waals surface area contributed by atoms with Crippen molar-refractivity contribution in [1.82, 2.24) is 15.2 Å². The number of hydrogen-bond acceptors (Lipinski definition) is 3. The fourth-order valence-corrected chi connectivity index (χ4v) is 1.20. The van der Waals surface area contributed by atoms with Crippen molar-refractivity contribution < 1.29 is 9.59 Å². The Bertz CT molecular complexity index is 392. The van der Waals surface area contributed by atoms with E-state index in [0.717, 1.165) is 0 Å². The molecule has 0 saturated carbocycles. The second-order valence-electron chi connectivity index (χ2n) is 3.20. The molecule has 0 atom stereocenters. The number of amides is 2. The fraction of sp³-hybridized carbons (Fsp3) is 0.300. The molecular weight excluding hydrogens is 230 g/mol. The van der Waals surface area contributed by atoms with E-state index in [1.807, 2.05) is 0 Å². The molecule has 1 aromatic heterocycles. The van der Waals surface area contributed by atoms with Crippen molar-refractivity contribution in [3.05, 3.63) is 29.0 Å². The van der Waals surface area contributed by atoms with Crippen molar-refractivity contribution in [2.45, 2.75) is 0 Å². The van der Waals surface area contributed by atoms with Gasteiger partial charge in [0.25, 0.3) is 5.91 Å². The maximum absolute atomic E-state index is 11.8. The third kappa shape index (κ3) is 3.20.